The van der Waals surface area contributed by atoms with Gasteiger partial charge in [-0.1, -0.05) is 25.1 Å². The number of hydrogen-bond acceptors (Lipinski definition) is 3. The fraction of sp³-hybridized carbons (Fsp3) is 0.500. The summed E-state index contributed by atoms with van der Waals surface area (Å²) in [4.78, 5) is 0. The van der Waals surface area contributed by atoms with Crippen molar-refractivity contribution < 1.29 is 0 Å². The normalized spacial score (nSPS) is 11.2. The van der Waals surface area contributed by atoms with Crippen molar-refractivity contribution in [2.75, 3.05) is 19.6 Å². The standard InChI is InChI=1S/C14H22N4/c1-3-15-9-6-10-16-11-13-12-7-4-5-8-14(12)18(2)17-13/h4-5,7-8,15-16H,3,6,9-11H2,1-2H3. The van der Waals surface area contributed by atoms with Crippen molar-refractivity contribution in [3.8, 4) is 0 Å². The van der Waals surface area contributed by atoms with Crippen LogP contribution in [0.1, 0.15) is 19.0 Å². The summed E-state index contributed by atoms with van der Waals surface area (Å²) in [7, 11) is 2.00. The van der Waals surface area contributed by atoms with E-state index in [1.165, 1.54) is 10.9 Å². The van der Waals surface area contributed by atoms with Crippen molar-refractivity contribution in [1.29, 1.82) is 0 Å². The number of rotatable bonds is 7. The SMILES string of the molecule is CCNCCCNCc1nn(C)c2ccccc12. The number of benzene rings is 1. The molecule has 0 unspecified atom stereocenters. The zero-order chi connectivity index (χ0) is 12.8. The van der Waals surface area contributed by atoms with E-state index < -0.39 is 0 Å². The van der Waals surface area contributed by atoms with E-state index in [1.54, 1.807) is 0 Å². The Morgan fingerprint density at radius 2 is 1.94 bits per heavy atom. The first kappa shape index (κ1) is 13.1. The molecule has 18 heavy (non-hydrogen) atoms. The molecule has 0 bridgehead atoms. The molecule has 1 aromatic carbocycles. The number of nitrogens with one attached hydrogen (secondary N) is 2. The third-order valence-corrected chi connectivity index (χ3v) is 3.08. The van der Waals surface area contributed by atoms with Crippen molar-refractivity contribution in [3.63, 3.8) is 0 Å². The largest absolute Gasteiger partial charge is 0.317 e. The predicted molar refractivity (Wildman–Crippen MR) is 75.6 cm³/mol. The zero-order valence-corrected chi connectivity index (χ0v) is 11.2. The van der Waals surface area contributed by atoms with Crippen molar-refractivity contribution in [1.82, 2.24) is 20.4 Å². The lowest BCUT2D eigenvalue weighted by atomic mass is 10.2. The molecule has 2 aromatic rings. The summed E-state index contributed by atoms with van der Waals surface area (Å²) in [6.07, 6.45) is 1.15. The Kier molecular flexibility index (Phi) is 4.73. The molecule has 0 amide bonds. The summed E-state index contributed by atoms with van der Waals surface area (Å²) in [5.41, 5.74) is 2.33. The Labute approximate surface area is 108 Å². The summed E-state index contributed by atoms with van der Waals surface area (Å²) in [5, 5.41) is 12.6. The first-order chi connectivity index (χ1) is 8.83. The van der Waals surface area contributed by atoms with Gasteiger partial charge in [-0.25, -0.2) is 0 Å². The van der Waals surface area contributed by atoms with Gasteiger partial charge in [-0.3, -0.25) is 4.68 Å². The van der Waals surface area contributed by atoms with Gasteiger partial charge < -0.3 is 10.6 Å². The topological polar surface area (TPSA) is 41.9 Å². The van der Waals surface area contributed by atoms with E-state index in [1.807, 2.05) is 11.7 Å². The molecular weight excluding hydrogens is 224 g/mol. The number of hydrogen-bond donors (Lipinski definition) is 2. The summed E-state index contributed by atoms with van der Waals surface area (Å²) >= 11 is 0. The van der Waals surface area contributed by atoms with Gasteiger partial charge in [0.05, 0.1) is 11.2 Å². The van der Waals surface area contributed by atoms with Crippen molar-refractivity contribution in [3.05, 3.63) is 30.0 Å². The number of fused-ring (bicyclic) bond motifs is 1. The maximum Gasteiger partial charge on any atom is 0.0841 e. The fourth-order valence-electron chi connectivity index (χ4n) is 2.14. The lowest BCUT2D eigenvalue weighted by Gasteiger charge is -2.03. The summed E-state index contributed by atoms with van der Waals surface area (Å²) in [6.45, 7) is 6.12. The van der Waals surface area contributed by atoms with Crippen LogP contribution in [-0.4, -0.2) is 29.4 Å². The minimum absolute atomic E-state index is 0.841. The van der Waals surface area contributed by atoms with Gasteiger partial charge in [0.1, 0.15) is 0 Å². The predicted octanol–water partition coefficient (Wildman–Crippen LogP) is 1.66. The van der Waals surface area contributed by atoms with Crippen LogP contribution in [0, 0.1) is 0 Å². The lowest BCUT2D eigenvalue weighted by molar-refractivity contribution is 0.598. The first-order valence-corrected chi connectivity index (χ1v) is 6.65. The lowest BCUT2D eigenvalue weighted by Crippen LogP contribution is -2.21. The molecule has 1 heterocycles. The zero-order valence-electron chi connectivity index (χ0n) is 11.2. The van der Waals surface area contributed by atoms with Crippen LogP contribution in [0.3, 0.4) is 0 Å². The molecule has 4 heteroatoms. The van der Waals surface area contributed by atoms with E-state index in [-0.39, 0.29) is 0 Å². The van der Waals surface area contributed by atoms with E-state index in [0.717, 1.165) is 38.3 Å². The maximum absolute atomic E-state index is 4.56. The molecule has 0 aliphatic carbocycles. The van der Waals surface area contributed by atoms with Gasteiger partial charge >= 0.3 is 0 Å². The van der Waals surface area contributed by atoms with Gasteiger partial charge in [0.25, 0.3) is 0 Å². The van der Waals surface area contributed by atoms with Gasteiger partial charge in [0, 0.05) is 19.0 Å². The number of nitrogens with zero attached hydrogens (tertiary/aromatic N) is 2. The van der Waals surface area contributed by atoms with Gasteiger partial charge in [-0.15, -0.1) is 0 Å². The highest BCUT2D eigenvalue weighted by Gasteiger charge is 2.06. The Balaban J connectivity index is 1.88. The van der Waals surface area contributed by atoms with Crippen LogP contribution < -0.4 is 10.6 Å². The maximum atomic E-state index is 4.56. The minimum atomic E-state index is 0.841. The Bertz CT molecular complexity index is 489. The second-order valence-electron chi connectivity index (χ2n) is 4.47. The summed E-state index contributed by atoms with van der Waals surface area (Å²) in [6, 6.07) is 8.37. The molecule has 2 N–H and O–H groups in total. The van der Waals surface area contributed by atoms with Crippen molar-refractivity contribution >= 4 is 10.9 Å². The smallest absolute Gasteiger partial charge is 0.0841 e. The van der Waals surface area contributed by atoms with Crippen LogP contribution in [0.2, 0.25) is 0 Å². The van der Waals surface area contributed by atoms with E-state index >= 15 is 0 Å². The van der Waals surface area contributed by atoms with Gasteiger partial charge in [-0.2, -0.15) is 5.10 Å². The molecule has 0 aliphatic heterocycles. The summed E-state index contributed by atoms with van der Waals surface area (Å²) < 4.78 is 1.95. The Hall–Kier alpha value is -1.39. The number of aryl methyl sites for hydroxylation is 1. The molecule has 1 aromatic heterocycles. The highest BCUT2D eigenvalue weighted by atomic mass is 15.3. The number of para-hydroxylation sites is 1. The molecular formula is C14H22N4. The summed E-state index contributed by atoms with van der Waals surface area (Å²) in [5.74, 6) is 0. The first-order valence-electron chi connectivity index (χ1n) is 6.65. The molecule has 0 fully saturated rings. The fourth-order valence-corrected chi connectivity index (χ4v) is 2.14. The van der Waals surface area contributed by atoms with Crippen molar-refractivity contribution in [2.24, 2.45) is 7.05 Å². The van der Waals surface area contributed by atoms with E-state index in [0.29, 0.717) is 0 Å². The Morgan fingerprint density at radius 1 is 1.17 bits per heavy atom. The quantitative estimate of drug-likeness (QED) is 0.730. The van der Waals surface area contributed by atoms with E-state index in [2.05, 4.69) is 46.9 Å². The van der Waals surface area contributed by atoms with Crippen LogP contribution in [0.4, 0.5) is 0 Å². The molecule has 0 aliphatic rings. The molecule has 0 saturated heterocycles. The van der Waals surface area contributed by atoms with E-state index in [9.17, 15) is 0 Å². The second kappa shape index (κ2) is 6.52. The average molecular weight is 246 g/mol. The molecule has 0 saturated carbocycles. The van der Waals surface area contributed by atoms with Crippen LogP contribution in [-0.2, 0) is 13.6 Å². The van der Waals surface area contributed by atoms with E-state index in [4.69, 9.17) is 0 Å². The molecule has 0 atom stereocenters. The minimum Gasteiger partial charge on any atom is -0.317 e. The number of aromatic nitrogens is 2. The Morgan fingerprint density at radius 3 is 2.78 bits per heavy atom. The molecule has 98 valence electrons. The van der Waals surface area contributed by atoms with Gasteiger partial charge in [-0.05, 0) is 32.1 Å². The molecule has 0 spiro atoms. The van der Waals surface area contributed by atoms with Gasteiger partial charge in [0.15, 0.2) is 0 Å². The average Bonchev–Trinajstić information content (AvgIpc) is 2.71. The van der Waals surface area contributed by atoms with Gasteiger partial charge in [0.2, 0.25) is 0 Å². The van der Waals surface area contributed by atoms with Crippen LogP contribution >= 0.6 is 0 Å². The van der Waals surface area contributed by atoms with Crippen molar-refractivity contribution in [2.45, 2.75) is 19.9 Å². The third-order valence-electron chi connectivity index (χ3n) is 3.08. The second-order valence-corrected chi connectivity index (χ2v) is 4.47. The van der Waals surface area contributed by atoms with Crippen LogP contribution in [0.5, 0.6) is 0 Å². The molecule has 0 radical (unpaired) electrons. The third kappa shape index (κ3) is 3.09. The van der Waals surface area contributed by atoms with Crippen LogP contribution in [0.15, 0.2) is 24.3 Å². The highest BCUT2D eigenvalue weighted by Crippen LogP contribution is 2.16. The molecule has 2 rings (SSSR count). The van der Waals surface area contributed by atoms with Crippen LogP contribution in [0.25, 0.3) is 10.9 Å². The molecule has 4 nitrogen and oxygen atoms in total. The monoisotopic (exact) mass is 246 g/mol. The highest BCUT2D eigenvalue weighted by molar-refractivity contribution is 5.81.